The van der Waals surface area contributed by atoms with Crippen LogP contribution in [0.1, 0.15) is 69.4 Å². The van der Waals surface area contributed by atoms with Gasteiger partial charge >= 0.3 is 0 Å². The lowest BCUT2D eigenvalue weighted by molar-refractivity contribution is -0.124. The van der Waals surface area contributed by atoms with Gasteiger partial charge in [-0.3, -0.25) is 18.9 Å². The van der Waals surface area contributed by atoms with Gasteiger partial charge in [0.25, 0.3) is 11.5 Å². The predicted octanol–water partition coefficient (Wildman–Crippen LogP) is 5.14. The molecule has 2 aromatic heterocycles. The van der Waals surface area contributed by atoms with E-state index >= 15 is 0 Å². The molecule has 3 heterocycles. The van der Waals surface area contributed by atoms with Gasteiger partial charge in [-0.05, 0) is 43.9 Å². The van der Waals surface area contributed by atoms with Gasteiger partial charge in [0.05, 0.1) is 10.5 Å². The Labute approximate surface area is 198 Å². The van der Waals surface area contributed by atoms with Gasteiger partial charge in [0.2, 0.25) is 0 Å². The molecule has 1 N–H and O–H groups in total. The Morgan fingerprint density at radius 1 is 1.22 bits per heavy atom. The number of aromatic nitrogens is 2. The molecule has 1 saturated carbocycles. The number of carbonyl (C=O) groups excluding carboxylic acids is 1. The van der Waals surface area contributed by atoms with Gasteiger partial charge in [-0.15, -0.1) is 0 Å². The van der Waals surface area contributed by atoms with E-state index in [1.165, 1.54) is 18.2 Å². The minimum absolute atomic E-state index is 0.0856. The number of aryl methyl sites for hydroxylation is 1. The van der Waals surface area contributed by atoms with E-state index in [4.69, 9.17) is 17.2 Å². The number of thiocarbonyl (C=S) groups is 1. The summed E-state index contributed by atoms with van der Waals surface area (Å²) in [4.78, 5) is 33.7. The minimum atomic E-state index is -0.181. The number of amides is 1. The van der Waals surface area contributed by atoms with E-state index < -0.39 is 0 Å². The zero-order chi connectivity index (χ0) is 22.7. The number of unbranched alkanes of at least 4 members (excludes halogenated alkanes) is 2. The first kappa shape index (κ1) is 23.0. The van der Waals surface area contributed by atoms with Crippen LogP contribution in [0.25, 0.3) is 11.7 Å². The van der Waals surface area contributed by atoms with Crippen LogP contribution in [0.2, 0.25) is 0 Å². The second-order valence-electron chi connectivity index (χ2n) is 8.59. The lowest BCUT2D eigenvalue weighted by atomic mass is 9.94. The van der Waals surface area contributed by atoms with Gasteiger partial charge in [-0.1, -0.05) is 69.1 Å². The van der Waals surface area contributed by atoms with Crippen molar-refractivity contribution in [1.29, 1.82) is 0 Å². The Kier molecular flexibility index (Phi) is 7.30. The normalized spacial score (nSPS) is 18.8. The molecule has 32 heavy (non-hydrogen) atoms. The Hall–Kier alpha value is -2.19. The van der Waals surface area contributed by atoms with E-state index in [-0.39, 0.29) is 17.5 Å². The largest absolute Gasteiger partial charge is 0.369 e. The van der Waals surface area contributed by atoms with E-state index in [0.29, 0.717) is 26.3 Å². The maximum absolute atomic E-state index is 13.4. The van der Waals surface area contributed by atoms with Gasteiger partial charge in [-0.25, -0.2) is 4.98 Å². The monoisotopic (exact) mass is 470 g/mol. The van der Waals surface area contributed by atoms with Crippen molar-refractivity contribution in [3.8, 4) is 0 Å². The Morgan fingerprint density at radius 2 is 2.00 bits per heavy atom. The average Bonchev–Trinajstić information content (AvgIpc) is 3.07. The minimum Gasteiger partial charge on any atom is -0.369 e. The Bertz CT molecular complexity index is 1120. The first-order chi connectivity index (χ1) is 15.5. The summed E-state index contributed by atoms with van der Waals surface area (Å²) in [7, 11) is 0. The van der Waals surface area contributed by atoms with E-state index in [2.05, 4.69) is 12.2 Å². The van der Waals surface area contributed by atoms with Crippen LogP contribution in [-0.2, 0) is 4.79 Å². The number of pyridine rings is 1. The van der Waals surface area contributed by atoms with Crippen molar-refractivity contribution in [2.24, 2.45) is 0 Å². The number of nitrogens with one attached hydrogen (secondary N) is 1. The molecule has 1 aliphatic carbocycles. The topological polar surface area (TPSA) is 66.7 Å². The summed E-state index contributed by atoms with van der Waals surface area (Å²) in [6.45, 7) is 4.83. The molecule has 2 fully saturated rings. The number of hydrogen-bond acceptors (Lipinski definition) is 6. The summed E-state index contributed by atoms with van der Waals surface area (Å²) in [5.74, 6) is 0.440. The number of rotatable bonds is 7. The molecule has 0 bridgehead atoms. The smallest absolute Gasteiger partial charge is 0.267 e. The van der Waals surface area contributed by atoms with Crippen LogP contribution < -0.4 is 10.9 Å². The first-order valence-corrected chi connectivity index (χ1v) is 12.8. The summed E-state index contributed by atoms with van der Waals surface area (Å²) in [5.41, 5.74) is 1.79. The lowest BCUT2D eigenvalue weighted by Gasteiger charge is -2.29. The molecule has 2 aromatic rings. The van der Waals surface area contributed by atoms with Crippen LogP contribution in [0.3, 0.4) is 0 Å². The van der Waals surface area contributed by atoms with E-state index in [1.807, 2.05) is 19.1 Å². The Morgan fingerprint density at radius 3 is 2.75 bits per heavy atom. The van der Waals surface area contributed by atoms with Gasteiger partial charge in [-0.2, -0.15) is 0 Å². The maximum atomic E-state index is 13.4. The number of hydrogen-bond donors (Lipinski definition) is 1. The molecule has 0 spiro atoms. The van der Waals surface area contributed by atoms with Gasteiger partial charge in [0.1, 0.15) is 15.8 Å². The fourth-order valence-corrected chi connectivity index (χ4v) is 5.75. The summed E-state index contributed by atoms with van der Waals surface area (Å²) in [5, 5.41) is 3.33. The average molecular weight is 471 g/mol. The van der Waals surface area contributed by atoms with Crippen LogP contribution in [0.5, 0.6) is 0 Å². The van der Waals surface area contributed by atoms with Crippen molar-refractivity contribution in [2.75, 3.05) is 11.9 Å². The molecule has 170 valence electrons. The van der Waals surface area contributed by atoms with Crippen LogP contribution in [-0.4, -0.2) is 37.1 Å². The SMILES string of the molecule is CCCCCNc1nc2ccc(C)cn2c(=O)c1C=C1SC(=S)N(C2CCCCC2)C1=O. The molecular formula is C24H30N4O2S2. The first-order valence-electron chi connectivity index (χ1n) is 11.5. The fourth-order valence-electron chi connectivity index (χ4n) is 4.37. The third-order valence-corrected chi connectivity index (χ3v) is 7.45. The second-order valence-corrected chi connectivity index (χ2v) is 10.3. The standard InChI is InChI=1S/C24H30N4O2S2/c1-3-4-8-13-25-21-18(22(29)27-15-16(2)11-12-20(27)26-21)14-19-23(30)28(24(31)32-19)17-9-6-5-7-10-17/h11-12,14-15,17,25H,3-10,13H2,1-2H3. The summed E-state index contributed by atoms with van der Waals surface area (Å²) in [6.07, 6.45) is 12.1. The molecule has 0 unspecified atom stereocenters. The van der Waals surface area contributed by atoms with Crippen LogP contribution in [0, 0.1) is 6.92 Å². The molecule has 1 aliphatic heterocycles. The Balaban J connectivity index is 1.72. The van der Waals surface area contributed by atoms with Crippen LogP contribution in [0.15, 0.2) is 28.0 Å². The zero-order valence-electron chi connectivity index (χ0n) is 18.7. The molecule has 6 nitrogen and oxygen atoms in total. The number of fused-ring (bicyclic) bond motifs is 1. The summed E-state index contributed by atoms with van der Waals surface area (Å²) >= 11 is 6.86. The highest BCUT2D eigenvalue weighted by Gasteiger charge is 2.37. The molecule has 4 rings (SSSR count). The van der Waals surface area contributed by atoms with E-state index in [1.54, 1.807) is 21.6 Å². The summed E-state index contributed by atoms with van der Waals surface area (Å²) in [6, 6.07) is 3.96. The van der Waals surface area contributed by atoms with E-state index in [9.17, 15) is 9.59 Å². The predicted molar refractivity (Wildman–Crippen MR) is 136 cm³/mol. The molecule has 1 amide bonds. The van der Waals surface area contributed by atoms with Crippen molar-refractivity contribution in [1.82, 2.24) is 14.3 Å². The molecule has 1 saturated heterocycles. The van der Waals surface area contributed by atoms with Crippen molar-refractivity contribution in [2.45, 2.75) is 71.3 Å². The highest BCUT2D eigenvalue weighted by molar-refractivity contribution is 8.26. The highest BCUT2D eigenvalue weighted by atomic mass is 32.2. The fraction of sp³-hybridized carbons (Fsp3) is 0.500. The third-order valence-electron chi connectivity index (χ3n) is 6.12. The quantitative estimate of drug-likeness (QED) is 0.343. The lowest BCUT2D eigenvalue weighted by Crippen LogP contribution is -2.39. The highest BCUT2D eigenvalue weighted by Crippen LogP contribution is 2.37. The number of nitrogens with zero attached hydrogens (tertiary/aromatic N) is 3. The van der Waals surface area contributed by atoms with Gasteiger partial charge < -0.3 is 5.32 Å². The molecule has 0 aromatic carbocycles. The summed E-state index contributed by atoms with van der Waals surface area (Å²) < 4.78 is 2.15. The van der Waals surface area contributed by atoms with Gasteiger partial charge in [0, 0.05) is 18.8 Å². The van der Waals surface area contributed by atoms with Crippen molar-refractivity contribution in [3.63, 3.8) is 0 Å². The van der Waals surface area contributed by atoms with Crippen LogP contribution in [0.4, 0.5) is 5.82 Å². The third kappa shape index (κ3) is 4.76. The van der Waals surface area contributed by atoms with Gasteiger partial charge in [0.15, 0.2) is 0 Å². The van der Waals surface area contributed by atoms with Crippen LogP contribution >= 0.6 is 24.0 Å². The van der Waals surface area contributed by atoms with Crippen molar-refractivity contribution in [3.05, 3.63) is 44.7 Å². The molecule has 0 radical (unpaired) electrons. The number of carbonyl (C=O) groups is 1. The molecule has 2 aliphatic rings. The van der Waals surface area contributed by atoms with E-state index in [0.717, 1.165) is 57.1 Å². The zero-order valence-corrected chi connectivity index (χ0v) is 20.4. The second kappa shape index (κ2) is 10.2. The molecular weight excluding hydrogens is 440 g/mol. The van der Waals surface area contributed by atoms with Crippen molar-refractivity contribution < 1.29 is 4.79 Å². The maximum Gasteiger partial charge on any atom is 0.267 e. The van der Waals surface area contributed by atoms with Crippen molar-refractivity contribution >= 4 is 51.7 Å². The molecule has 8 heteroatoms. The number of thioether (sulfide) groups is 1. The number of anilines is 1. The molecule has 0 atom stereocenters.